The molecule has 130 valence electrons. The second kappa shape index (κ2) is 7.29. The molecule has 0 bridgehead atoms. The number of ether oxygens (including phenoxy) is 2. The molecule has 2 aromatic rings. The summed E-state index contributed by atoms with van der Waals surface area (Å²) in [7, 11) is 1.61. The number of hydrogen-bond donors (Lipinski definition) is 0. The molecule has 2 heterocycles. The molecule has 0 aromatic carbocycles. The standard InChI is InChI=1S/C16H22N4O4/c1-6-22-13-11(8-7-9-17-13)14-18-12(19-24-14)10-20(5)15(21)23-16(2,3)4/h7-9H,6,10H2,1-5H3. The smallest absolute Gasteiger partial charge is 0.410 e. The van der Waals surface area contributed by atoms with Crippen molar-refractivity contribution in [2.45, 2.75) is 39.8 Å². The Labute approximate surface area is 140 Å². The van der Waals surface area contributed by atoms with Crippen molar-refractivity contribution in [1.82, 2.24) is 20.0 Å². The minimum atomic E-state index is -0.560. The Morgan fingerprint density at radius 2 is 2.12 bits per heavy atom. The average Bonchev–Trinajstić information content (AvgIpc) is 2.94. The van der Waals surface area contributed by atoms with Crippen molar-refractivity contribution in [2.24, 2.45) is 0 Å². The van der Waals surface area contributed by atoms with Crippen molar-refractivity contribution >= 4 is 6.09 Å². The Morgan fingerprint density at radius 3 is 2.79 bits per heavy atom. The van der Waals surface area contributed by atoms with Gasteiger partial charge < -0.3 is 18.9 Å². The van der Waals surface area contributed by atoms with Crippen LogP contribution in [0.1, 0.15) is 33.5 Å². The molecule has 0 saturated carbocycles. The van der Waals surface area contributed by atoms with E-state index in [4.69, 9.17) is 14.0 Å². The number of amides is 1. The number of hydrogen-bond acceptors (Lipinski definition) is 7. The Hall–Kier alpha value is -2.64. The van der Waals surface area contributed by atoms with Gasteiger partial charge in [-0.1, -0.05) is 5.16 Å². The van der Waals surface area contributed by atoms with E-state index in [-0.39, 0.29) is 6.54 Å². The molecular weight excluding hydrogens is 312 g/mol. The van der Waals surface area contributed by atoms with Gasteiger partial charge in [-0.05, 0) is 39.8 Å². The molecule has 0 unspecified atom stereocenters. The highest BCUT2D eigenvalue weighted by atomic mass is 16.6. The summed E-state index contributed by atoms with van der Waals surface area (Å²) in [6.45, 7) is 7.94. The third-order valence-electron chi connectivity index (χ3n) is 2.83. The molecule has 1 amide bonds. The highest BCUT2D eigenvalue weighted by Crippen LogP contribution is 2.26. The maximum absolute atomic E-state index is 12.0. The zero-order chi connectivity index (χ0) is 17.7. The van der Waals surface area contributed by atoms with Gasteiger partial charge in [-0.3, -0.25) is 0 Å². The quantitative estimate of drug-likeness (QED) is 0.830. The van der Waals surface area contributed by atoms with Gasteiger partial charge in [-0.2, -0.15) is 4.98 Å². The van der Waals surface area contributed by atoms with Crippen molar-refractivity contribution in [3.63, 3.8) is 0 Å². The zero-order valence-corrected chi connectivity index (χ0v) is 14.6. The number of carbonyl (C=O) groups excluding carboxylic acids is 1. The molecule has 0 radical (unpaired) electrons. The molecule has 0 aliphatic rings. The first-order chi connectivity index (χ1) is 11.3. The minimum Gasteiger partial charge on any atom is -0.477 e. The Bertz CT molecular complexity index is 693. The highest BCUT2D eigenvalue weighted by molar-refractivity contribution is 5.67. The molecule has 0 spiro atoms. The first-order valence-electron chi connectivity index (χ1n) is 7.65. The Balaban J connectivity index is 2.10. The van der Waals surface area contributed by atoms with Crippen molar-refractivity contribution in [2.75, 3.05) is 13.7 Å². The third kappa shape index (κ3) is 4.68. The maximum atomic E-state index is 12.0. The summed E-state index contributed by atoms with van der Waals surface area (Å²) in [5.41, 5.74) is 0.0496. The van der Waals surface area contributed by atoms with E-state index >= 15 is 0 Å². The van der Waals surface area contributed by atoms with Crippen LogP contribution in [0, 0.1) is 0 Å². The van der Waals surface area contributed by atoms with Gasteiger partial charge in [0.05, 0.1) is 13.2 Å². The van der Waals surface area contributed by atoms with Gasteiger partial charge in [-0.25, -0.2) is 9.78 Å². The summed E-state index contributed by atoms with van der Waals surface area (Å²) in [6.07, 6.45) is 1.17. The molecular formula is C16H22N4O4. The lowest BCUT2D eigenvalue weighted by Crippen LogP contribution is -2.34. The number of aromatic nitrogens is 3. The summed E-state index contributed by atoms with van der Waals surface area (Å²) in [5.74, 6) is 1.08. The van der Waals surface area contributed by atoms with Crippen LogP contribution in [0.15, 0.2) is 22.9 Å². The van der Waals surface area contributed by atoms with Gasteiger partial charge >= 0.3 is 6.09 Å². The van der Waals surface area contributed by atoms with E-state index in [0.29, 0.717) is 29.8 Å². The fourth-order valence-corrected chi connectivity index (χ4v) is 1.85. The maximum Gasteiger partial charge on any atom is 0.410 e. The SMILES string of the molecule is CCOc1ncccc1-c1nc(CN(C)C(=O)OC(C)(C)C)no1. The van der Waals surface area contributed by atoms with Crippen molar-refractivity contribution in [3.8, 4) is 17.3 Å². The van der Waals surface area contributed by atoms with E-state index < -0.39 is 11.7 Å². The molecule has 0 aliphatic carbocycles. The Morgan fingerprint density at radius 1 is 1.38 bits per heavy atom. The van der Waals surface area contributed by atoms with E-state index in [1.54, 1.807) is 25.4 Å². The van der Waals surface area contributed by atoms with Crippen molar-refractivity contribution < 1.29 is 18.8 Å². The lowest BCUT2D eigenvalue weighted by molar-refractivity contribution is 0.0280. The molecule has 8 heteroatoms. The van der Waals surface area contributed by atoms with Crippen LogP contribution in [0.4, 0.5) is 4.79 Å². The minimum absolute atomic E-state index is 0.169. The normalized spacial score (nSPS) is 11.2. The topological polar surface area (TPSA) is 90.6 Å². The predicted molar refractivity (Wildman–Crippen MR) is 86.4 cm³/mol. The van der Waals surface area contributed by atoms with Crippen LogP contribution in [-0.4, -0.2) is 45.4 Å². The van der Waals surface area contributed by atoms with E-state index in [0.717, 1.165) is 0 Å². The number of rotatable bonds is 5. The Kier molecular flexibility index (Phi) is 5.38. The summed E-state index contributed by atoms with van der Waals surface area (Å²) >= 11 is 0. The lowest BCUT2D eigenvalue weighted by Gasteiger charge is -2.23. The van der Waals surface area contributed by atoms with Crippen LogP contribution < -0.4 is 4.74 Å². The first kappa shape index (κ1) is 17.7. The molecule has 0 aliphatic heterocycles. The second-order valence-electron chi connectivity index (χ2n) is 6.14. The molecule has 24 heavy (non-hydrogen) atoms. The number of carbonyl (C=O) groups is 1. The third-order valence-corrected chi connectivity index (χ3v) is 2.83. The highest BCUT2D eigenvalue weighted by Gasteiger charge is 2.22. The van der Waals surface area contributed by atoms with E-state index in [9.17, 15) is 4.79 Å². The van der Waals surface area contributed by atoms with Crippen LogP contribution in [0.5, 0.6) is 5.88 Å². The molecule has 2 aromatic heterocycles. The molecule has 0 atom stereocenters. The van der Waals surface area contributed by atoms with E-state index in [2.05, 4.69) is 15.1 Å². The summed E-state index contributed by atoms with van der Waals surface area (Å²) in [6, 6.07) is 3.54. The molecule has 8 nitrogen and oxygen atoms in total. The summed E-state index contributed by atoms with van der Waals surface area (Å²) in [4.78, 5) is 21.8. The summed E-state index contributed by atoms with van der Waals surface area (Å²) in [5, 5.41) is 3.89. The number of pyridine rings is 1. The predicted octanol–water partition coefficient (Wildman–Crippen LogP) is 2.90. The number of nitrogens with zero attached hydrogens (tertiary/aromatic N) is 4. The van der Waals surface area contributed by atoms with Crippen molar-refractivity contribution in [1.29, 1.82) is 0 Å². The van der Waals surface area contributed by atoms with Gasteiger partial charge in [0, 0.05) is 13.2 Å². The fourth-order valence-electron chi connectivity index (χ4n) is 1.85. The van der Waals surface area contributed by atoms with Crippen LogP contribution in [-0.2, 0) is 11.3 Å². The van der Waals surface area contributed by atoms with Gasteiger partial charge in [0.25, 0.3) is 5.89 Å². The van der Waals surface area contributed by atoms with Gasteiger partial charge in [0.1, 0.15) is 11.2 Å². The monoisotopic (exact) mass is 334 g/mol. The summed E-state index contributed by atoms with van der Waals surface area (Å²) < 4.78 is 16.0. The molecule has 0 fully saturated rings. The van der Waals surface area contributed by atoms with Crippen LogP contribution in [0.25, 0.3) is 11.5 Å². The fraction of sp³-hybridized carbons (Fsp3) is 0.500. The second-order valence-corrected chi connectivity index (χ2v) is 6.14. The lowest BCUT2D eigenvalue weighted by atomic mass is 10.2. The van der Waals surface area contributed by atoms with E-state index in [1.807, 2.05) is 27.7 Å². The molecule has 2 rings (SSSR count). The zero-order valence-electron chi connectivity index (χ0n) is 14.6. The van der Waals surface area contributed by atoms with Crippen LogP contribution >= 0.6 is 0 Å². The largest absolute Gasteiger partial charge is 0.477 e. The van der Waals surface area contributed by atoms with Gasteiger partial charge in [0.2, 0.25) is 5.88 Å². The van der Waals surface area contributed by atoms with Crippen LogP contribution in [0.3, 0.4) is 0 Å². The van der Waals surface area contributed by atoms with Crippen LogP contribution in [0.2, 0.25) is 0 Å². The first-order valence-corrected chi connectivity index (χ1v) is 7.65. The molecule has 0 N–H and O–H groups in total. The average molecular weight is 334 g/mol. The van der Waals surface area contributed by atoms with Gasteiger partial charge in [0.15, 0.2) is 5.82 Å². The molecule has 0 saturated heterocycles. The van der Waals surface area contributed by atoms with Gasteiger partial charge in [-0.15, -0.1) is 0 Å². The van der Waals surface area contributed by atoms with E-state index in [1.165, 1.54) is 4.90 Å². The van der Waals surface area contributed by atoms with Crippen molar-refractivity contribution in [3.05, 3.63) is 24.2 Å².